The van der Waals surface area contributed by atoms with E-state index in [4.69, 9.17) is 0 Å². The van der Waals surface area contributed by atoms with Crippen molar-refractivity contribution in [2.24, 2.45) is 0 Å². The molecular formula is C20H20O5. The van der Waals surface area contributed by atoms with Gasteiger partial charge in [0.25, 0.3) is 0 Å². The van der Waals surface area contributed by atoms with E-state index in [1.165, 1.54) is 18.2 Å². The molecule has 0 aromatic heterocycles. The summed E-state index contributed by atoms with van der Waals surface area (Å²) in [6.07, 6.45) is 2.06. The number of phenolic OH excluding ortho intramolecular Hbond substituents is 2. The summed E-state index contributed by atoms with van der Waals surface area (Å²) in [6, 6.07) is 7.48. The molecule has 1 atom stereocenters. The van der Waals surface area contributed by atoms with Crippen LogP contribution in [0.4, 0.5) is 0 Å². The molecule has 0 saturated heterocycles. The van der Waals surface area contributed by atoms with E-state index in [9.17, 15) is 24.9 Å². The maximum atomic E-state index is 12.8. The van der Waals surface area contributed by atoms with Gasteiger partial charge in [-0.05, 0) is 12.5 Å². The third kappa shape index (κ3) is 2.81. The Balaban J connectivity index is 2.10. The maximum Gasteiger partial charge on any atom is 0.198 e. The summed E-state index contributed by atoms with van der Waals surface area (Å²) >= 11 is 0. The molecule has 1 unspecified atom stereocenters. The first-order valence-electron chi connectivity index (χ1n) is 8.42. The van der Waals surface area contributed by atoms with Gasteiger partial charge < -0.3 is 15.3 Å². The van der Waals surface area contributed by atoms with Crippen LogP contribution in [0.25, 0.3) is 0 Å². The van der Waals surface area contributed by atoms with Gasteiger partial charge in [0.15, 0.2) is 11.6 Å². The molecule has 0 heterocycles. The Morgan fingerprint density at radius 2 is 1.56 bits per heavy atom. The average Bonchev–Trinajstić information content (AvgIpc) is 2.61. The largest absolute Gasteiger partial charge is 0.507 e. The van der Waals surface area contributed by atoms with Crippen LogP contribution < -0.4 is 0 Å². The molecule has 3 N–H and O–H groups in total. The summed E-state index contributed by atoms with van der Waals surface area (Å²) in [5.74, 6) is -1.86. The van der Waals surface area contributed by atoms with E-state index in [1.807, 2.05) is 6.92 Å². The predicted molar refractivity (Wildman–Crippen MR) is 92.2 cm³/mol. The highest BCUT2D eigenvalue weighted by Gasteiger charge is 2.36. The molecule has 0 fully saturated rings. The second-order valence-electron chi connectivity index (χ2n) is 6.30. The van der Waals surface area contributed by atoms with Crippen LogP contribution in [0.2, 0.25) is 0 Å². The van der Waals surface area contributed by atoms with Crippen molar-refractivity contribution in [3.63, 3.8) is 0 Å². The number of fused-ring (bicyclic) bond motifs is 2. The monoisotopic (exact) mass is 340 g/mol. The number of carbonyl (C=O) groups excluding carboxylic acids is 2. The van der Waals surface area contributed by atoms with Gasteiger partial charge in [-0.15, -0.1) is 0 Å². The number of ketones is 2. The van der Waals surface area contributed by atoms with E-state index in [0.29, 0.717) is 6.42 Å². The normalized spacial score (nSPS) is 14.2. The topological polar surface area (TPSA) is 94.8 Å². The van der Waals surface area contributed by atoms with Gasteiger partial charge in [-0.3, -0.25) is 9.59 Å². The average molecular weight is 340 g/mol. The Bertz CT molecular complexity index is 853. The summed E-state index contributed by atoms with van der Waals surface area (Å²) < 4.78 is 0. The number of aromatic hydroxyl groups is 2. The molecule has 5 nitrogen and oxygen atoms in total. The minimum absolute atomic E-state index is 0.0767. The summed E-state index contributed by atoms with van der Waals surface area (Å²) in [7, 11) is 0. The van der Waals surface area contributed by atoms with E-state index >= 15 is 0 Å². The maximum absolute atomic E-state index is 12.8. The van der Waals surface area contributed by atoms with Gasteiger partial charge in [0.2, 0.25) is 0 Å². The number of hydrogen-bond donors (Lipinski definition) is 3. The fraction of sp³-hybridized carbons (Fsp3) is 0.300. The SMILES string of the molecule is CCCCCC(O)c1cc(O)c2c(c1O)C(=O)c1ccccc1C2=O. The highest BCUT2D eigenvalue weighted by Crippen LogP contribution is 2.42. The fourth-order valence-corrected chi connectivity index (χ4v) is 3.28. The standard InChI is InChI=1S/C20H20O5/c1-2-3-4-9-14(21)13-10-15(22)16-17(20(13)25)19(24)12-8-6-5-7-11(12)18(16)23/h5-8,10,14,21-22,25H,2-4,9H2,1H3. The van der Waals surface area contributed by atoms with E-state index in [-0.39, 0.29) is 27.8 Å². The first-order valence-corrected chi connectivity index (χ1v) is 8.42. The van der Waals surface area contributed by atoms with Crippen molar-refractivity contribution in [2.75, 3.05) is 0 Å². The lowest BCUT2D eigenvalue weighted by molar-refractivity contribution is 0.0972. The zero-order valence-electron chi connectivity index (χ0n) is 14.0. The van der Waals surface area contributed by atoms with Gasteiger partial charge in [-0.25, -0.2) is 0 Å². The number of aliphatic hydroxyl groups excluding tert-OH is 1. The predicted octanol–water partition coefficient (Wildman–Crippen LogP) is 3.49. The molecule has 130 valence electrons. The summed E-state index contributed by atoms with van der Waals surface area (Å²) in [5.41, 5.74) is 0.0325. The molecule has 2 aromatic carbocycles. The van der Waals surface area contributed by atoms with Crippen molar-refractivity contribution in [2.45, 2.75) is 38.7 Å². The van der Waals surface area contributed by atoms with Gasteiger partial charge in [-0.1, -0.05) is 50.5 Å². The van der Waals surface area contributed by atoms with Crippen LogP contribution in [0, 0.1) is 0 Å². The molecular weight excluding hydrogens is 320 g/mol. The number of aliphatic hydroxyl groups is 1. The molecule has 0 amide bonds. The lowest BCUT2D eigenvalue weighted by Crippen LogP contribution is -2.22. The highest BCUT2D eigenvalue weighted by molar-refractivity contribution is 6.30. The van der Waals surface area contributed by atoms with Crippen molar-refractivity contribution in [3.05, 3.63) is 58.1 Å². The van der Waals surface area contributed by atoms with Crippen molar-refractivity contribution in [3.8, 4) is 11.5 Å². The van der Waals surface area contributed by atoms with E-state index in [2.05, 4.69) is 0 Å². The number of rotatable bonds is 5. The Hall–Kier alpha value is -2.66. The Morgan fingerprint density at radius 3 is 2.16 bits per heavy atom. The fourth-order valence-electron chi connectivity index (χ4n) is 3.28. The smallest absolute Gasteiger partial charge is 0.198 e. The minimum Gasteiger partial charge on any atom is -0.507 e. The van der Waals surface area contributed by atoms with Crippen molar-refractivity contribution < 1.29 is 24.9 Å². The molecule has 25 heavy (non-hydrogen) atoms. The molecule has 3 rings (SSSR count). The number of benzene rings is 2. The lowest BCUT2D eigenvalue weighted by atomic mass is 9.81. The third-order valence-electron chi connectivity index (χ3n) is 4.62. The summed E-state index contributed by atoms with van der Waals surface area (Å²) in [6.45, 7) is 2.04. The zero-order chi connectivity index (χ0) is 18.1. The minimum atomic E-state index is -1.01. The molecule has 0 bridgehead atoms. The van der Waals surface area contributed by atoms with E-state index < -0.39 is 29.2 Å². The van der Waals surface area contributed by atoms with Crippen molar-refractivity contribution in [1.29, 1.82) is 0 Å². The molecule has 0 aliphatic heterocycles. The van der Waals surface area contributed by atoms with Crippen LogP contribution in [0.5, 0.6) is 11.5 Å². The number of phenols is 2. The molecule has 0 spiro atoms. The van der Waals surface area contributed by atoms with Crippen LogP contribution in [0.1, 0.15) is 76.1 Å². The van der Waals surface area contributed by atoms with Crippen LogP contribution in [-0.2, 0) is 0 Å². The first-order chi connectivity index (χ1) is 12.0. The summed E-state index contributed by atoms with van der Waals surface area (Å²) in [4.78, 5) is 25.4. The molecule has 1 aliphatic rings. The molecule has 0 saturated carbocycles. The Labute approximate surface area is 145 Å². The van der Waals surface area contributed by atoms with Gasteiger partial charge in [0.05, 0.1) is 17.2 Å². The van der Waals surface area contributed by atoms with Crippen LogP contribution in [0.15, 0.2) is 30.3 Å². The third-order valence-corrected chi connectivity index (χ3v) is 4.62. The number of unbranched alkanes of at least 4 members (excludes halogenated alkanes) is 2. The second-order valence-corrected chi connectivity index (χ2v) is 6.30. The van der Waals surface area contributed by atoms with E-state index in [0.717, 1.165) is 19.3 Å². The first kappa shape index (κ1) is 17.2. The molecule has 5 heteroatoms. The number of hydrogen-bond acceptors (Lipinski definition) is 5. The van der Waals surface area contributed by atoms with Crippen LogP contribution in [0.3, 0.4) is 0 Å². The van der Waals surface area contributed by atoms with Crippen LogP contribution >= 0.6 is 0 Å². The van der Waals surface area contributed by atoms with E-state index in [1.54, 1.807) is 12.1 Å². The molecule has 0 radical (unpaired) electrons. The quantitative estimate of drug-likeness (QED) is 0.488. The van der Waals surface area contributed by atoms with Crippen molar-refractivity contribution >= 4 is 11.6 Å². The highest BCUT2D eigenvalue weighted by atomic mass is 16.3. The van der Waals surface area contributed by atoms with Gasteiger partial charge in [0, 0.05) is 16.7 Å². The number of carbonyl (C=O) groups is 2. The van der Waals surface area contributed by atoms with Gasteiger partial charge in [-0.2, -0.15) is 0 Å². The molecule has 2 aromatic rings. The van der Waals surface area contributed by atoms with Gasteiger partial charge in [0.1, 0.15) is 11.5 Å². The zero-order valence-corrected chi connectivity index (χ0v) is 14.0. The lowest BCUT2D eigenvalue weighted by Gasteiger charge is -2.22. The second kappa shape index (κ2) is 6.69. The Kier molecular flexibility index (Phi) is 4.59. The Morgan fingerprint density at radius 1 is 0.960 bits per heavy atom. The molecule has 1 aliphatic carbocycles. The van der Waals surface area contributed by atoms with Gasteiger partial charge >= 0.3 is 0 Å². The summed E-state index contributed by atoms with van der Waals surface area (Å²) in [5, 5.41) is 31.2. The van der Waals surface area contributed by atoms with Crippen molar-refractivity contribution in [1.82, 2.24) is 0 Å². The van der Waals surface area contributed by atoms with Crippen LogP contribution in [-0.4, -0.2) is 26.9 Å².